The summed E-state index contributed by atoms with van der Waals surface area (Å²) in [6.07, 6.45) is 3.46. The van der Waals surface area contributed by atoms with Crippen LogP contribution in [0.3, 0.4) is 0 Å². The summed E-state index contributed by atoms with van der Waals surface area (Å²) in [5, 5.41) is 13.3. The number of rotatable bonds is 4. The highest BCUT2D eigenvalue weighted by molar-refractivity contribution is 9.09. The fourth-order valence-electron chi connectivity index (χ4n) is 1.48. The smallest absolute Gasteiger partial charge is 0.267 e. The van der Waals surface area contributed by atoms with Crippen molar-refractivity contribution in [1.29, 1.82) is 0 Å². The number of aryl methyl sites for hydroxylation is 2. The molecule has 0 amide bonds. The summed E-state index contributed by atoms with van der Waals surface area (Å²) in [6.45, 7) is 0.599. The number of fused-ring (bicyclic) bond motifs is 1. The van der Waals surface area contributed by atoms with Crippen LogP contribution in [0.2, 0.25) is 0 Å². The molecule has 0 spiro atoms. The van der Waals surface area contributed by atoms with Crippen LogP contribution in [0.5, 0.6) is 0 Å². The molecular formula is C9H12BrN5O. The highest BCUT2D eigenvalue weighted by Crippen LogP contribution is 2.02. The number of halogens is 1. The van der Waals surface area contributed by atoms with Gasteiger partial charge in [-0.05, 0) is 12.8 Å². The molecule has 0 saturated carbocycles. The minimum Gasteiger partial charge on any atom is -0.267 e. The molecule has 6 nitrogen and oxygen atoms in total. The van der Waals surface area contributed by atoms with Crippen LogP contribution in [-0.2, 0) is 13.6 Å². The van der Waals surface area contributed by atoms with Crippen molar-refractivity contribution in [1.82, 2.24) is 24.8 Å². The van der Waals surface area contributed by atoms with E-state index >= 15 is 0 Å². The SMILES string of the molecule is Cn1ncc2c(=O)n(CCCCBr)nnc21. The zero-order chi connectivity index (χ0) is 11.5. The van der Waals surface area contributed by atoms with Crippen molar-refractivity contribution in [2.75, 3.05) is 5.33 Å². The van der Waals surface area contributed by atoms with Crippen molar-refractivity contribution < 1.29 is 0 Å². The summed E-state index contributed by atoms with van der Waals surface area (Å²) in [6, 6.07) is 0. The van der Waals surface area contributed by atoms with Gasteiger partial charge in [-0.2, -0.15) is 5.10 Å². The van der Waals surface area contributed by atoms with E-state index in [1.54, 1.807) is 11.7 Å². The second kappa shape index (κ2) is 4.73. The Hall–Kier alpha value is -1.24. The summed E-state index contributed by atoms with van der Waals surface area (Å²) < 4.78 is 2.94. The average molecular weight is 286 g/mol. The Balaban J connectivity index is 2.34. The van der Waals surface area contributed by atoms with Crippen LogP contribution >= 0.6 is 15.9 Å². The lowest BCUT2D eigenvalue weighted by Crippen LogP contribution is -2.24. The Labute approximate surface area is 100 Å². The van der Waals surface area contributed by atoms with Crippen LogP contribution in [0.1, 0.15) is 12.8 Å². The third-order valence-corrected chi connectivity index (χ3v) is 2.93. The van der Waals surface area contributed by atoms with Crippen LogP contribution < -0.4 is 5.56 Å². The minimum atomic E-state index is -0.118. The van der Waals surface area contributed by atoms with E-state index in [0.717, 1.165) is 18.2 Å². The molecule has 2 aromatic heterocycles. The predicted octanol–water partition coefficient (Wildman–Crippen LogP) is 0.700. The van der Waals surface area contributed by atoms with Crippen molar-refractivity contribution in [3.05, 3.63) is 16.6 Å². The molecule has 0 unspecified atom stereocenters. The van der Waals surface area contributed by atoms with Crippen molar-refractivity contribution in [3.63, 3.8) is 0 Å². The maximum absolute atomic E-state index is 11.9. The number of unbranched alkanes of at least 4 members (excludes halogenated alkanes) is 1. The summed E-state index contributed by atoms with van der Waals surface area (Å²) in [4.78, 5) is 11.9. The van der Waals surface area contributed by atoms with Gasteiger partial charge in [0.15, 0.2) is 5.65 Å². The van der Waals surface area contributed by atoms with Gasteiger partial charge in [0.25, 0.3) is 5.56 Å². The third-order valence-electron chi connectivity index (χ3n) is 2.37. The summed E-state index contributed by atoms with van der Waals surface area (Å²) in [5.74, 6) is 0. The van der Waals surface area contributed by atoms with E-state index in [9.17, 15) is 4.79 Å². The van der Waals surface area contributed by atoms with Crippen LogP contribution in [0.25, 0.3) is 11.0 Å². The van der Waals surface area contributed by atoms with Gasteiger partial charge in [0, 0.05) is 18.9 Å². The first-order valence-electron chi connectivity index (χ1n) is 5.05. The second-order valence-corrected chi connectivity index (χ2v) is 4.31. The second-order valence-electron chi connectivity index (χ2n) is 3.52. The van der Waals surface area contributed by atoms with E-state index < -0.39 is 0 Å². The van der Waals surface area contributed by atoms with Crippen LogP contribution in [0.15, 0.2) is 11.0 Å². The molecule has 0 bridgehead atoms. The van der Waals surface area contributed by atoms with Crippen molar-refractivity contribution in [2.24, 2.45) is 7.05 Å². The molecule has 0 saturated heterocycles. The van der Waals surface area contributed by atoms with E-state index in [2.05, 4.69) is 31.3 Å². The molecule has 16 heavy (non-hydrogen) atoms. The van der Waals surface area contributed by atoms with Crippen molar-refractivity contribution >= 4 is 27.0 Å². The molecule has 0 aliphatic rings. The molecule has 7 heteroatoms. The van der Waals surface area contributed by atoms with Crippen molar-refractivity contribution in [2.45, 2.75) is 19.4 Å². The first kappa shape index (κ1) is 11.3. The molecule has 2 rings (SSSR count). The number of hydrogen-bond donors (Lipinski definition) is 0. The Kier molecular flexibility index (Phi) is 3.33. The molecule has 0 fully saturated rings. The zero-order valence-electron chi connectivity index (χ0n) is 8.93. The van der Waals surface area contributed by atoms with Crippen LogP contribution in [0.4, 0.5) is 0 Å². The topological polar surface area (TPSA) is 65.6 Å². The molecule has 2 heterocycles. The van der Waals surface area contributed by atoms with Gasteiger partial charge in [-0.3, -0.25) is 4.79 Å². The van der Waals surface area contributed by atoms with Gasteiger partial charge in [0.2, 0.25) is 0 Å². The molecule has 0 N–H and O–H groups in total. The Morgan fingerprint density at radius 1 is 1.44 bits per heavy atom. The van der Waals surface area contributed by atoms with Crippen molar-refractivity contribution in [3.8, 4) is 0 Å². The van der Waals surface area contributed by atoms with Gasteiger partial charge in [0.05, 0.1) is 6.20 Å². The Morgan fingerprint density at radius 2 is 2.25 bits per heavy atom. The summed E-state index contributed by atoms with van der Waals surface area (Å²) in [7, 11) is 1.74. The normalized spacial score (nSPS) is 11.1. The maximum Gasteiger partial charge on any atom is 0.280 e. The third kappa shape index (κ3) is 1.99. The quantitative estimate of drug-likeness (QED) is 0.613. The molecule has 0 atom stereocenters. The van der Waals surface area contributed by atoms with Gasteiger partial charge in [-0.25, -0.2) is 9.36 Å². The van der Waals surface area contributed by atoms with E-state index in [0.29, 0.717) is 17.6 Å². The lowest BCUT2D eigenvalue weighted by atomic mass is 10.3. The molecule has 0 aliphatic carbocycles. The highest BCUT2D eigenvalue weighted by atomic mass is 79.9. The molecule has 0 radical (unpaired) electrons. The lowest BCUT2D eigenvalue weighted by molar-refractivity contribution is 0.520. The monoisotopic (exact) mass is 285 g/mol. The van der Waals surface area contributed by atoms with Crippen LogP contribution in [0, 0.1) is 0 Å². The minimum absolute atomic E-state index is 0.118. The highest BCUT2D eigenvalue weighted by Gasteiger charge is 2.08. The molecule has 0 aliphatic heterocycles. The summed E-state index contributed by atoms with van der Waals surface area (Å²) in [5.41, 5.74) is 0.411. The number of nitrogens with zero attached hydrogens (tertiary/aromatic N) is 5. The van der Waals surface area contributed by atoms with Crippen LogP contribution in [-0.4, -0.2) is 30.1 Å². The predicted molar refractivity (Wildman–Crippen MR) is 63.6 cm³/mol. The molecular weight excluding hydrogens is 274 g/mol. The number of aromatic nitrogens is 5. The first-order chi connectivity index (χ1) is 7.74. The Morgan fingerprint density at radius 3 is 3.00 bits per heavy atom. The molecule has 86 valence electrons. The van der Waals surface area contributed by atoms with Gasteiger partial charge >= 0.3 is 0 Å². The molecule has 2 aromatic rings. The summed E-state index contributed by atoms with van der Waals surface area (Å²) >= 11 is 3.35. The largest absolute Gasteiger partial charge is 0.280 e. The lowest BCUT2D eigenvalue weighted by Gasteiger charge is -2.01. The van der Waals surface area contributed by atoms with Gasteiger partial charge in [0.1, 0.15) is 5.39 Å². The standard InChI is InChI=1S/C9H12BrN5O/c1-14-8-7(6-11-14)9(16)15(13-12-8)5-3-2-4-10/h6H,2-5H2,1H3. The number of alkyl halides is 1. The Bertz CT molecular complexity index is 546. The van der Waals surface area contributed by atoms with E-state index in [-0.39, 0.29) is 5.56 Å². The zero-order valence-corrected chi connectivity index (χ0v) is 10.5. The fourth-order valence-corrected chi connectivity index (χ4v) is 1.88. The van der Waals surface area contributed by atoms with E-state index in [4.69, 9.17) is 0 Å². The van der Waals surface area contributed by atoms with Gasteiger partial charge in [-0.15, -0.1) is 5.10 Å². The maximum atomic E-state index is 11.9. The number of hydrogen-bond acceptors (Lipinski definition) is 4. The fraction of sp³-hybridized carbons (Fsp3) is 0.556. The van der Waals surface area contributed by atoms with Gasteiger partial charge in [-0.1, -0.05) is 21.1 Å². The molecule has 0 aromatic carbocycles. The van der Waals surface area contributed by atoms with Gasteiger partial charge < -0.3 is 0 Å². The van der Waals surface area contributed by atoms with E-state index in [1.165, 1.54) is 10.9 Å². The first-order valence-corrected chi connectivity index (χ1v) is 6.17. The van der Waals surface area contributed by atoms with E-state index in [1.807, 2.05) is 0 Å². The average Bonchev–Trinajstić information content (AvgIpc) is 2.65.